The Labute approximate surface area is 120 Å². The Kier molecular flexibility index (Phi) is 5.74. The van der Waals surface area contributed by atoms with Crippen molar-refractivity contribution in [3.8, 4) is 0 Å². The zero-order valence-electron chi connectivity index (χ0n) is 12.5. The van der Waals surface area contributed by atoms with Gasteiger partial charge in [0.1, 0.15) is 6.04 Å². The summed E-state index contributed by atoms with van der Waals surface area (Å²) in [6.07, 6.45) is 0.290. The second kappa shape index (κ2) is 7.08. The maximum absolute atomic E-state index is 11.7. The summed E-state index contributed by atoms with van der Waals surface area (Å²) >= 11 is 0. The molecule has 4 heteroatoms. The van der Waals surface area contributed by atoms with Crippen molar-refractivity contribution in [1.82, 2.24) is 5.32 Å². The number of benzene rings is 1. The van der Waals surface area contributed by atoms with Crippen LogP contribution in [0.1, 0.15) is 57.1 Å². The quantitative estimate of drug-likeness (QED) is 0.840. The van der Waals surface area contributed by atoms with E-state index in [2.05, 4.69) is 31.3 Å². The van der Waals surface area contributed by atoms with Crippen molar-refractivity contribution in [2.75, 3.05) is 0 Å². The number of carboxylic acids is 1. The summed E-state index contributed by atoms with van der Waals surface area (Å²) in [5, 5.41) is 11.2. The van der Waals surface area contributed by atoms with Crippen LogP contribution in [0.3, 0.4) is 0 Å². The van der Waals surface area contributed by atoms with Crippen molar-refractivity contribution in [3.05, 3.63) is 35.4 Å². The van der Waals surface area contributed by atoms with E-state index >= 15 is 0 Å². The molecule has 1 unspecified atom stereocenters. The third kappa shape index (κ3) is 4.68. The second-order valence-electron chi connectivity index (χ2n) is 5.55. The number of carbonyl (C=O) groups excluding carboxylic acids is 1. The smallest absolute Gasteiger partial charge is 0.325 e. The second-order valence-corrected chi connectivity index (χ2v) is 5.55. The Morgan fingerprint density at radius 1 is 1.05 bits per heavy atom. The Morgan fingerprint density at radius 2 is 1.55 bits per heavy atom. The first-order valence-corrected chi connectivity index (χ1v) is 6.93. The van der Waals surface area contributed by atoms with Gasteiger partial charge in [0, 0.05) is 6.42 Å². The molecule has 1 aromatic rings. The van der Waals surface area contributed by atoms with Gasteiger partial charge in [-0.3, -0.25) is 9.59 Å². The van der Waals surface area contributed by atoms with Gasteiger partial charge < -0.3 is 10.4 Å². The van der Waals surface area contributed by atoms with Gasteiger partial charge in [-0.25, -0.2) is 0 Å². The molecular formula is C16H23NO3. The van der Waals surface area contributed by atoms with Crippen LogP contribution in [0, 0.1) is 0 Å². The summed E-state index contributed by atoms with van der Waals surface area (Å²) in [6.45, 7) is 7.70. The van der Waals surface area contributed by atoms with Crippen molar-refractivity contribution in [1.29, 1.82) is 0 Å². The van der Waals surface area contributed by atoms with Gasteiger partial charge in [0.25, 0.3) is 0 Å². The molecule has 4 nitrogen and oxygen atoms in total. The fraction of sp³-hybridized carbons (Fsp3) is 0.500. The molecule has 0 aliphatic carbocycles. The number of carbonyl (C=O) groups is 2. The molecule has 0 aliphatic rings. The molecule has 2 atom stereocenters. The van der Waals surface area contributed by atoms with E-state index in [0.717, 1.165) is 5.56 Å². The molecule has 0 aromatic heterocycles. The van der Waals surface area contributed by atoms with Crippen LogP contribution in [0.2, 0.25) is 0 Å². The molecule has 0 aliphatic heterocycles. The maximum atomic E-state index is 11.7. The van der Waals surface area contributed by atoms with E-state index in [1.54, 1.807) is 0 Å². The van der Waals surface area contributed by atoms with Gasteiger partial charge in [-0.05, 0) is 29.9 Å². The van der Waals surface area contributed by atoms with Crippen LogP contribution in [0.4, 0.5) is 0 Å². The summed E-state index contributed by atoms with van der Waals surface area (Å²) < 4.78 is 0. The number of nitrogens with one attached hydrogen (secondary N) is 1. The lowest BCUT2D eigenvalue weighted by Gasteiger charge is -2.15. The molecule has 0 bridgehead atoms. The first kappa shape index (κ1) is 16.2. The molecular weight excluding hydrogens is 254 g/mol. The molecule has 0 heterocycles. The summed E-state index contributed by atoms with van der Waals surface area (Å²) in [4.78, 5) is 22.4. The molecule has 1 aromatic carbocycles. The van der Waals surface area contributed by atoms with Crippen molar-refractivity contribution in [2.24, 2.45) is 0 Å². The van der Waals surface area contributed by atoms with Gasteiger partial charge in [0.15, 0.2) is 0 Å². The van der Waals surface area contributed by atoms with Crippen LogP contribution < -0.4 is 5.32 Å². The van der Waals surface area contributed by atoms with E-state index < -0.39 is 12.0 Å². The number of carboxylic acid groups (broad SMARTS) is 1. The normalized spacial score (nSPS) is 13.8. The Balaban J connectivity index is 2.59. The largest absolute Gasteiger partial charge is 0.480 e. The molecule has 0 saturated heterocycles. The molecule has 1 amide bonds. The fourth-order valence-electron chi connectivity index (χ4n) is 1.97. The van der Waals surface area contributed by atoms with E-state index in [0.29, 0.717) is 12.3 Å². The van der Waals surface area contributed by atoms with Crippen LogP contribution in [0.15, 0.2) is 24.3 Å². The van der Waals surface area contributed by atoms with E-state index in [9.17, 15) is 9.59 Å². The summed E-state index contributed by atoms with van der Waals surface area (Å²) in [6, 6.07) is 7.38. The molecule has 2 N–H and O–H groups in total. The summed E-state index contributed by atoms with van der Waals surface area (Å²) in [5.74, 6) is -0.705. The predicted molar refractivity (Wildman–Crippen MR) is 78.8 cm³/mol. The van der Waals surface area contributed by atoms with Gasteiger partial charge in [-0.15, -0.1) is 0 Å². The zero-order chi connectivity index (χ0) is 15.3. The highest BCUT2D eigenvalue weighted by Gasteiger charge is 2.16. The van der Waals surface area contributed by atoms with Crippen molar-refractivity contribution >= 4 is 11.9 Å². The Bertz CT molecular complexity index is 465. The lowest BCUT2D eigenvalue weighted by molar-refractivity contribution is -0.141. The third-order valence-electron chi connectivity index (χ3n) is 3.41. The predicted octanol–water partition coefficient (Wildman–Crippen LogP) is 2.89. The van der Waals surface area contributed by atoms with E-state index in [4.69, 9.17) is 5.11 Å². The summed E-state index contributed by atoms with van der Waals surface area (Å²) in [7, 11) is 0. The van der Waals surface area contributed by atoms with Crippen LogP contribution in [-0.4, -0.2) is 23.0 Å². The SMILES string of the molecule is CC(C)c1ccc(C(C)CC(=O)N[C@@H](C)C(=O)O)cc1. The molecule has 20 heavy (non-hydrogen) atoms. The topological polar surface area (TPSA) is 66.4 Å². The van der Waals surface area contributed by atoms with E-state index in [-0.39, 0.29) is 11.8 Å². The highest BCUT2D eigenvalue weighted by atomic mass is 16.4. The lowest BCUT2D eigenvalue weighted by Crippen LogP contribution is -2.38. The molecule has 110 valence electrons. The first-order valence-electron chi connectivity index (χ1n) is 6.93. The number of rotatable bonds is 6. The van der Waals surface area contributed by atoms with Crippen molar-refractivity contribution in [2.45, 2.75) is 52.0 Å². The monoisotopic (exact) mass is 277 g/mol. The number of hydrogen-bond acceptors (Lipinski definition) is 2. The molecule has 0 fully saturated rings. The van der Waals surface area contributed by atoms with Crippen LogP contribution in [0.25, 0.3) is 0 Å². The van der Waals surface area contributed by atoms with Crippen LogP contribution >= 0.6 is 0 Å². The van der Waals surface area contributed by atoms with Crippen molar-refractivity contribution < 1.29 is 14.7 Å². The van der Waals surface area contributed by atoms with Gasteiger partial charge >= 0.3 is 5.97 Å². The number of amides is 1. The van der Waals surface area contributed by atoms with Gasteiger partial charge in [-0.1, -0.05) is 45.0 Å². The van der Waals surface area contributed by atoms with Crippen molar-refractivity contribution in [3.63, 3.8) is 0 Å². The van der Waals surface area contributed by atoms with Crippen LogP contribution in [-0.2, 0) is 9.59 Å². The minimum atomic E-state index is -1.02. The minimum absolute atomic E-state index is 0.0669. The summed E-state index contributed by atoms with van der Waals surface area (Å²) in [5.41, 5.74) is 2.36. The maximum Gasteiger partial charge on any atom is 0.325 e. The lowest BCUT2D eigenvalue weighted by atomic mass is 9.94. The number of aliphatic carboxylic acids is 1. The third-order valence-corrected chi connectivity index (χ3v) is 3.41. The Morgan fingerprint density at radius 3 is 2.00 bits per heavy atom. The molecule has 0 spiro atoms. The zero-order valence-corrected chi connectivity index (χ0v) is 12.5. The molecule has 1 rings (SSSR count). The molecule has 0 saturated carbocycles. The van der Waals surface area contributed by atoms with Gasteiger partial charge in [-0.2, -0.15) is 0 Å². The van der Waals surface area contributed by atoms with E-state index in [1.807, 2.05) is 19.1 Å². The van der Waals surface area contributed by atoms with Gasteiger partial charge in [0.2, 0.25) is 5.91 Å². The van der Waals surface area contributed by atoms with Gasteiger partial charge in [0.05, 0.1) is 0 Å². The average Bonchev–Trinajstić information content (AvgIpc) is 2.38. The highest BCUT2D eigenvalue weighted by molar-refractivity contribution is 5.83. The Hall–Kier alpha value is -1.84. The highest BCUT2D eigenvalue weighted by Crippen LogP contribution is 2.22. The van der Waals surface area contributed by atoms with Crippen LogP contribution in [0.5, 0.6) is 0 Å². The first-order chi connectivity index (χ1) is 9.31. The van der Waals surface area contributed by atoms with E-state index in [1.165, 1.54) is 12.5 Å². The number of hydrogen-bond donors (Lipinski definition) is 2. The average molecular weight is 277 g/mol. The standard InChI is InChI=1S/C16H23NO3/c1-10(2)13-5-7-14(8-6-13)11(3)9-15(18)17-12(4)16(19)20/h5-8,10-12H,9H2,1-4H3,(H,17,18)(H,19,20)/t11?,12-/m0/s1. The fourth-order valence-corrected chi connectivity index (χ4v) is 1.97. The minimum Gasteiger partial charge on any atom is -0.480 e. The molecule has 0 radical (unpaired) electrons.